The first kappa shape index (κ1) is 9.22. The number of rotatable bonds is 3. The highest BCUT2D eigenvalue weighted by Crippen LogP contribution is 2.37. The Bertz CT molecular complexity index is 294. The minimum absolute atomic E-state index is 0.211. The minimum Gasteiger partial charge on any atom is -0.324 e. The maximum absolute atomic E-state index is 6.11. The molecule has 0 saturated heterocycles. The van der Waals surface area contributed by atoms with Gasteiger partial charge in [0.05, 0.1) is 0 Å². The molecule has 0 aliphatic heterocycles. The third kappa shape index (κ3) is 2.32. The number of benzene rings is 1. The molecular weight excluding hydrogens is 226 g/mol. The van der Waals surface area contributed by atoms with Gasteiger partial charge in [0.25, 0.3) is 0 Å². The quantitative estimate of drug-likeness (QED) is 0.862. The zero-order valence-electron chi connectivity index (χ0n) is 7.54. The lowest BCUT2D eigenvalue weighted by Crippen LogP contribution is -2.11. The Morgan fingerprint density at radius 3 is 2.69 bits per heavy atom. The van der Waals surface area contributed by atoms with Gasteiger partial charge in [-0.25, -0.2) is 0 Å². The summed E-state index contributed by atoms with van der Waals surface area (Å²) in [5, 5.41) is 0. The van der Waals surface area contributed by atoms with Crippen molar-refractivity contribution >= 4 is 15.9 Å². The lowest BCUT2D eigenvalue weighted by atomic mass is 10.0. The van der Waals surface area contributed by atoms with Gasteiger partial charge < -0.3 is 5.73 Å². The monoisotopic (exact) mass is 239 g/mol. The van der Waals surface area contributed by atoms with E-state index in [1.54, 1.807) is 0 Å². The standard InChI is InChI=1S/C11H14BrN/c12-10-4-2-1-3-9(10)11(13)7-8-5-6-8/h1-4,8,11H,5-7,13H2. The average molecular weight is 240 g/mol. The molecule has 2 rings (SSSR count). The molecule has 1 nitrogen and oxygen atoms in total. The third-order valence-corrected chi connectivity index (χ3v) is 3.31. The summed E-state index contributed by atoms with van der Waals surface area (Å²) in [7, 11) is 0. The summed E-state index contributed by atoms with van der Waals surface area (Å²) in [6.07, 6.45) is 3.89. The summed E-state index contributed by atoms with van der Waals surface area (Å²) in [5.41, 5.74) is 7.35. The van der Waals surface area contributed by atoms with Gasteiger partial charge in [-0.15, -0.1) is 0 Å². The van der Waals surface area contributed by atoms with Crippen LogP contribution in [-0.2, 0) is 0 Å². The number of hydrogen-bond donors (Lipinski definition) is 1. The van der Waals surface area contributed by atoms with Gasteiger partial charge in [0, 0.05) is 10.5 Å². The van der Waals surface area contributed by atoms with Crippen LogP contribution in [0, 0.1) is 5.92 Å². The van der Waals surface area contributed by atoms with E-state index in [1.807, 2.05) is 12.1 Å². The van der Waals surface area contributed by atoms with E-state index in [0.717, 1.165) is 16.8 Å². The average Bonchev–Trinajstić information content (AvgIpc) is 2.89. The van der Waals surface area contributed by atoms with Crippen molar-refractivity contribution in [2.24, 2.45) is 11.7 Å². The fourth-order valence-corrected chi connectivity index (χ4v) is 2.19. The Kier molecular flexibility index (Phi) is 2.70. The molecule has 0 spiro atoms. The molecule has 1 atom stereocenters. The van der Waals surface area contributed by atoms with Crippen molar-refractivity contribution in [2.45, 2.75) is 25.3 Å². The van der Waals surface area contributed by atoms with E-state index in [-0.39, 0.29) is 6.04 Å². The summed E-state index contributed by atoms with van der Waals surface area (Å²) < 4.78 is 1.14. The second-order valence-electron chi connectivity index (χ2n) is 3.81. The molecule has 1 aromatic rings. The van der Waals surface area contributed by atoms with Crippen LogP contribution in [0.3, 0.4) is 0 Å². The molecule has 1 fully saturated rings. The molecule has 0 radical (unpaired) electrons. The van der Waals surface area contributed by atoms with Crippen LogP contribution >= 0.6 is 15.9 Å². The van der Waals surface area contributed by atoms with Gasteiger partial charge in [-0.05, 0) is 24.0 Å². The van der Waals surface area contributed by atoms with Gasteiger partial charge >= 0.3 is 0 Å². The molecule has 1 saturated carbocycles. The van der Waals surface area contributed by atoms with Gasteiger partial charge in [0.2, 0.25) is 0 Å². The molecule has 1 aliphatic carbocycles. The molecule has 0 bridgehead atoms. The SMILES string of the molecule is NC(CC1CC1)c1ccccc1Br. The van der Waals surface area contributed by atoms with Gasteiger partial charge in [-0.3, -0.25) is 0 Å². The molecule has 1 aliphatic rings. The van der Waals surface area contributed by atoms with E-state index in [1.165, 1.54) is 18.4 Å². The molecule has 2 N–H and O–H groups in total. The zero-order valence-corrected chi connectivity index (χ0v) is 9.13. The molecule has 0 aromatic heterocycles. The van der Waals surface area contributed by atoms with Crippen LogP contribution in [0.1, 0.15) is 30.9 Å². The normalized spacial score (nSPS) is 18.6. The first-order valence-electron chi connectivity index (χ1n) is 4.77. The fraction of sp³-hybridized carbons (Fsp3) is 0.455. The Labute approximate surface area is 87.5 Å². The Balaban J connectivity index is 2.09. The summed E-state index contributed by atoms with van der Waals surface area (Å²) in [4.78, 5) is 0. The Morgan fingerprint density at radius 2 is 2.08 bits per heavy atom. The maximum Gasteiger partial charge on any atom is 0.0308 e. The van der Waals surface area contributed by atoms with Crippen molar-refractivity contribution in [1.29, 1.82) is 0 Å². The lowest BCUT2D eigenvalue weighted by Gasteiger charge is -2.12. The van der Waals surface area contributed by atoms with Crippen molar-refractivity contribution < 1.29 is 0 Å². The molecule has 70 valence electrons. The van der Waals surface area contributed by atoms with Gasteiger partial charge in [0.15, 0.2) is 0 Å². The number of hydrogen-bond acceptors (Lipinski definition) is 1. The summed E-state index contributed by atoms with van der Waals surface area (Å²) >= 11 is 3.53. The third-order valence-electron chi connectivity index (χ3n) is 2.59. The molecule has 1 aromatic carbocycles. The van der Waals surface area contributed by atoms with Crippen molar-refractivity contribution in [3.05, 3.63) is 34.3 Å². The highest BCUT2D eigenvalue weighted by atomic mass is 79.9. The highest BCUT2D eigenvalue weighted by Gasteiger charge is 2.24. The first-order valence-corrected chi connectivity index (χ1v) is 5.56. The molecular formula is C11H14BrN. The molecule has 13 heavy (non-hydrogen) atoms. The van der Waals surface area contributed by atoms with Crippen LogP contribution in [0.25, 0.3) is 0 Å². The fourth-order valence-electron chi connectivity index (χ4n) is 1.62. The van der Waals surface area contributed by atoms with E-state index in [0.29, 0.717) is 0 Å². The van der Waals surface area contributed by atoms with Crippen molar-refractivity contribution in [3.8, 4) is 0 Å². The number of nitrogens with two attached hydrogens (primary N) is 1. The lowest BCUT2D eigenvalue weighted by molar-refractivity contribution is 0.595. The van der Waals surface area contributed by atoms with E-state index in [4.69, 9.17) is 5.73 Å². The highest BCUT2D eigenvalue weighted by molar-refractivity contribution is 9.10. The van der Waals surface area contributed by atoms with Crippen molar-refractivity contribution in [3.63, 3.8) is 0 Å². The smallest absolute Gasteiger partial charge is 0.0308 e. The van der Waals surface area contributed by atoms with Crippen LogP contribution < -0.4 is 5.73 Å². The minimum atomic E-state index is 0.211. The van der Waals surface area contributed by atoms with E-state index in [9.17, 15) is 0 Å². The van der Waals surface area contributed by atoms with Crippen molar-refractivity contribution in [2.75, 3.05) is 0 Å². The van der Waals surface area contributed by atoms with Crippen LogP contribution in [0.15, 0.2) is 28.7 Å². The molecule has 2 heteroatoms. The zero-order chi connectivity index (χ0) is 9.26. The van der Waals surface area contributed by atoms with Gasteiger partial charge in [0.1, 0.15) is 0 Å². The topological polar surface area (TPSA) is 26.0 Å². The van der Waals surface area contributed by atoms with Crippen LogP contribution in [0.4, 0.5) is 0 Å². The first-order chi connectivity index (χ1) is 6.27. The predicted molar refractivity (Wildman–Crippen MR) is 58.4 cm³/mol. The molecule has 0 heterocycles. The summed E-state index contributed by atoms with van der Waals surface area (Å²) in [6, 6.07) is 8.45. The van der Waals surface area contributed by atoms with Crippen LogP contribution in [0.2, 0.25) is 0 Å². The Morgan fingerprint density at radius 1 is 1.38 bits per heavy atom. The second-order valence-corrected chi connectivity index (χ2v) is 4.66. The second kappa shape index (κ2) is 3.81. The van der Waals surface area contributed by atoms with Crippen molar-refractivity contribution in [1.82, 2.24) is 0 Å². The molecule has 0 amide bonds. The summed E-state index contributed by atoms with van der Waals surface area (Å²) in [5.74, 6) is 0.891. The Hall–Kier alpha value is -0.340. The maximum atomic E-state index is 6.11. The summed E-state index contributed by atoms with van der Waals surface area (Å²) in [6.45, 7) is 0. The molecule has 1 unspecified atom stereocenters. The van der Waals surface area contributed by atoms with Crippen LogP contribution in [0.5, 0.6) is 0 Å². The predicted octanol–water partition coefficient (Wildman–Crippen LogP) is 3.25. The van der Waals surface area contributed by atoms with E-state index in [2.05, 4.69) is 28.1 Å². The largest absolute Gasteiger partial charge is 0.324 e. The van der Waals surface area contributed by atoms with Gasteiger partial charge in [-0.1, -0.05) is 47.0 Å². The van der Waals surface area contributed by atoms with Crippen LogP contribution in [-0.4, -0.2) is 0 Å². The van der Waals surface area contributed by atoms with E-state index < -0.39 is 0 Å². The van der Waals surface area contributed by atoms with Gasteiger partial charge in [-0.2, -0.15) is 0 Å². The van der Waals surface area contributed by atoms with E-state index >= 15 is 0 Å². The number of halogens is 1.